The van der Waals surface area contributed by atoms with E-state index in [0.717, 1.165) is 18.1 Å². The fourth-order valence-electron chi connectivity index (χ4n) is 2.51. The zero-order valence-electron chi connectivity index (χ0n) is 11.8. The SMILES string of the molecule is CCc1nc(NN)cc(NC2C(C)(C)C2(C)C)n1. The molecule has 100 valence electrons. The lowest BCUT2D eigenvalue weighted by Gasteiger charge is -2.10. The van der Waals surface area contributed by atoms with E-state index >= 15 is 0 Å². The summed E-state index contributed by atoms with van der Waals surface area (Å²) in [5.41, 5.74) is 3.14. The molecule has 1 fully saturated rings. The van der Waals surface area contributed by atoms with Gasteiger partial charge in [0.1, 0.15) is 17.5 Å². The molecule has 0 aliphatic heterocycles. The number of anilines is 2. The molecule has 0 unspecified atom stereocenters. The normalized spacial score (nSPS) is 20.6. The van der Waals surface area contributed by atoms with Crippen molar-refractivity contribution < 1.29 is 0 Å². The number of hydrogen-bond acceptors (Lipinski definition) is 5. The van der Waals surface area contributed by atoms with Crippen LogP contribution in [0.3, 0.4) is 0 Å². The topological polar surface area (TPSA) is 75.9 Å². The molecule has 1 saturated carbocycles. The quantitative estimate of drug-likeness (QED) is 0.563. The maximum Gasteiger partial charge on any atom is 0.145 e. The Labute approximate surface area is 109 Å². The molecule has 1 aromatic heterocycles. The van der Waals surface area contributed by atoms with Gasteiger partial charge in [-0.2, -0.15) is 0 Å². The predicted molar refractivity (Wildman–Crippen MR) is 74.2 cm³/mol. The molecule has 0 bridgehead atoms. The Morgan fingerprint density at radius 3 is 2.17 bits per heavy atom. The lowest BCUT2D eigenvalue weighted by molar-refractivity contribution is 0.457. The van der Waals surface area contributed by atoms with Crippen LogP contribution in [-0.2, 0) is 6.42 Å². The van der Waals surface area contributed by atoms with Gasteiger partial charge in [0.05, 0.1) is 0 Å². The predicted octanol–water partition coefficient (Wildman–Crippen LogP) is 2.17. The van der Waals surface area contributed by atoms with Crippen molar-refractivity contribution in [3.8, 4) is 0 Å². The highest BCUT2D eigenvalue weighted by Gasteiger charge is 2.65. The van der Waals surface area contributed by atoms with Crippen molar-refractivity contribution in [3.05, 3.63) is 11.9 Å². The van der Waals surface area contributed by atoms with Gasteiger partial charge in [-0.1, -0.05) is 34.6 Å². The van der Waals surface area contributed by atoms with Crippen LogP contribution in [-0.4, -0.2) is 16.0 Å². The Morgan fingerprint density at radius 1 is 1.17 bits per heavy atom. The van der Waals surface area contributed by atoms with Crippen LogP contribution in [0.1, 0.15) is 40.4 Å². The van der Waals surface area contributed by atoms with Gasteiger partial charge in [-0.15, -0.1) is 0 Å². The van der Waals surface area contributed by atoms with Crippen LogP contribution in [0.5, 0.6) is 0 Å². The summed E-state index contributed by atoms with van der Waals surface area (Å²) in [6.45, 7) is 11.1. The highest BCUT2D eigenvalue weighted by molar-refractivity contribution is 5.50. The van der Waals surface area contributed by atoms with Crippen molar-refractivity contribution in [2.45, 2.75) is 47.1 Å². The molecule has 18 heavy (non-hydrogen) atoms. The molecule has 5 heteroatoms. The van der Waals surface area contributed by atoms with Crippen molar-refractivity contribution in [2.75, 3.05) is 10.7 Å². The fourth-order valence-corrected chi connectivity index (χ4v) is 2.51. The monoisotopic (exact) mass is 249 g/mol. The second-order valence-electron chi connectivity index (χ2n) is 6.07. The van der Waals surface area contributed by atoms with Crippen molar-refractivity contribution in [3.63, 3.8) is 0 Å². The minimum absolute atomic E-state index is 0.278. The van der Waals surface area contributed by atoms with Crippen LogP contribution < -0.4 is 16.6 Å². The van der Waals surface area contributed by atoms with Crippen molar-refractivity contribution >= 4 is 11.6 Å². The molecule has 1 aliphatic rings. The van der Waals surface area contributed by atoms with E-state index in [1.807, 2.05) is 13.0 Å². The average molecular weight is 249 g/mol. The van der Waals surface area contributed by atoms with Crippen LogP contribution in [0.15, 0.2) is 6.07 Å². The van der Waals surface area contributed by atoms with E-state index < -0.39 is 0 Å². The van der Waals surface area contributed by atoms with Crippen LogP contribution >= 0.6 is 0 Å². The van der Waals surface area contributed by atoms with Crippen LogP contribution in [0.2, 0.25) is 0 Å². The zero-order chi connectivity index (χ0) is 13.6. The van der Waals surface area contributed by atoms with Crippen molar-refractivity contribution in [1.29, 1.82) is 0 Å². The molecule has 0 radical (unpaired) electrons. The summed E-state index contributed by atoms with van der Waals surface area (Å²) >= 11 is 0. The number of hydrazine groups is 1. The first-order valence-electron chi connectivity index (χ1n) is 6.44. The highest BCUT2D eigenvalue weighted by Crippen LogP contribution is 2.63. The highest BCUT2D eigenvalue weighted by atomic mass is 15.3. The molecule has 4 N–H and O–H groups in total. The summed E-state index contributed by atoms with van der Waals surface area (Å²) < 4.78 is 0. The van der Waals surface area contributed by atoms with Crippen LogP contribution in [0.4, 0.5) is 11.6 Å². The Hall–Kier alpha value is -1.36. The number of hydrogen-bond donors (Lipinski definition) is 3. The maximum atomic E-state index is 5.43. The summed E-state index contributed by atoms with van der Waals surface area (Å²) in [6, 6.07) is 2.28. The molecule has 0 saturated heterocycles. The summed E-state index contributed by atoms with van der Waals surface area (Å²) in [6.07, 6.45) is 0.793. The van der Waals surface area contributed by atoms with Gasteiger partial charge < -0.3 is 10.7 Å². The number of aromatic nitrogens is 2. The molecule has 1 aromatic rings. The third-order valence-electron chi connectivity index (χ3n) is 4.55. The summed E-state index contributed by atoms with van der Waals surface area (Å²) in [7, 11) is 0. The molecule has 0 aromatic carbocycles. The third kappa shape index (κ3) is 1.92. The minimum Gasteiger partial charge on any atom is -0.366 e. The number of nitrogen functional groups attached to an aromatic ring is 1. The first kappa shape index (κ1) is 13.1. The zero-order valence-corrected chi connectivity index (χ0v) is 11.8. The number of nitrogens with two attached hydrogens (primary N) is 1. The van der Waals surface area contributed by atoms with Gasteiger partial charge in [-0.3, -0.25) is 0 Å². The molecule has 0 spiro atoms. The molecule has 1 heterocycles. The maximum absolute atomic E-state index is 5.43. The van der Waals surface area contributed by atoms with Crippen LogP contribution in [0.25, 0.3) is 0 Å². The Balaban J connectivity index is 2.20. The lowest BCUT2D eigenvalue weighted by atomic mass is 10.0. The van der Waals surface area contributed by atoms with E-state index in [9.17, 15) is 0 Å². The van der Waals surface area contributed by atoms with E-state index in [0.29, 0.717) is 11.9 Å². The van der Waals surface area contributed by atoms with E-state index in [-0.39, 0.29) is 10.8 Å². The molecule has 0 amide bonds. The van der Waals surface area contributed by atoms with Crippen molar-refractivity contribution in [1.82, 2.24) is 9.97 Å². The summed E-state index contributed by atoms with van der Waals surface area (Å²) in [5, 5.41) is 3.50. The Kier molecular flexibility index (Phi) is 2.97. The van der Waals surface area contributed by atoms with E-state index in [1.54, 1.807) is 0 Å². The van der Waals surface area contributed by atoms with Gasteiger partial charge in [0.2, 0.25) is 0 Å². The van der Waals surface area contributed by atoms with Crippen molar-refractivity contribution in [2.24, 2.45) is 16.7 Å². The minimum atomic E-state index is 0.278. The van der Waals surface area contributed by atoms with E-state index in [2.05, 4.69) is 48.4 Å². The lowest BCUT2D eigenvalue weighted by Crippen LogP contribution is -2.15. The largest absolute Gasteiger partial charge is 0.366 e. The average Bonchev–Trinajstić information content (AvgIpc) is 2.71. The van der Waals surface area contributed by atoms with Gasteiger partial charge in [-0.05, 0) is 10.8 Å². The molecular formula is C13H23N5. The van der Waals surface area contributed by atoms with Crippen LogP contribution in [0, 0.1) is 10.8 Å². The number of nitrogens with one attached hydrogen (secondary N) is 2. The molecule has 5 nitrogen and oxygen atoms in total. The summed E-state index contributed by atoms with van der Waals surface area (Å²) in [4.78, 5) is 8.78. The smallest absolute Gasteiger partial charge is 0.145 e. The third-order valence-corrected chi connectivity index (χ3v) is 4.55. The Morgan fingerprint density at radius 2 is 1.72 bits per heavy atom. The van der Waals surface area contributed by atoms with E-state index in [1.165, 1.54) is 0 Å². The van der Waals surface area contributed by atoms with Gasteiger partial charge in [0.15, 0.2) is 0 Å². The molecule has 1 aliphatic carbocycles. The number of aryl methyl sites for hydroxylation is 1. The molecular weight excluding hydrogens is 226 g/mol. The molecule has 2 rings (SSSR count). The Bertz CT molecular complexity index is 416. The second kappa shape index (κ2) is 4.09. The number of rotatable bonds is 4. The molecule has 0 atom stereocenters. The van der Waals surface area contributed by atoms with Gasteiger partial charge in [0, 0.05) is 18.5 Å². The first-order valence-corrected chi connectivity index (χ1v) is 6.44. The van der Waals surface area contributed by atoms with E-state index in [4.69, 9.17) is 5.84 Å². The van der Waals surface area contributed by atoms with Gasteiger partial charge in [-0.25, -0.2) is 15.8 Å². The standard InChI is InChI=1S/C13H23N5/c1-6-8-15-9(7-10(16-8)18-14)17-11-12(2,3)13(11,4)5/h7,11H,6,14H2,1-5H3,(H2,15,16,17,18). The first-order chi connectivity index (χ1) is 8.32. The fraction of sp³-hybridized carbons (Fsp3) is 0.692. The number of nitrogens with zero attached hydrogens (tertiary/aromatic N) is 2. The second-order valence-corrected chi connectivity index (χ2v) is 6.07. The van der Waals surface area contributed by atoms with Gasteiger partial charge >= 0.3 is 0 Å². The summed E-state index contributed by atoms with van der Waals surface area (Å²) in [5.74, 6) is 7.72. The van der Waals surface area contributed by atoms with Gasteiger partial charge in [0.25, 0.3) is 0 Å².